The zero-order valence-electron chi connectivity index (χ0n) is 26.3. The molecule has 11 heteroatoms. The Morgan fingerprint density at radius 3 is 2.32 bits per heavy atom. The van der Waals surface area contributed by atoms with E-state index < -0.39 is 43.1 Å². The van der Waals surface area contributed by atoms with Gasteiger partial charge >= 0.3 is 0 Å². The molecule has 3 rings (SSSR count). The molecule has 0 aromatic heterocycles. The van der Waals surface area contributed by atoms with Crippen LogP contribution in [0.1, 0.15) is 89.6 Å². The van der Waals surface area contributed by atoms with Crippen LogP contribution in [0.5, 0.6) is 5.75 Å². The number of nitrogens with zero attached hydrogens (tertiary/aromatic N) is 1. The van der Waals surface area contributed by atoms with Gasteiger partial charge in [-0.1, -0.05) is 37.1 Å². The number of hydrogen-bond acceptors (Lipinski definition) is 5. The molecule has 2 atom stereocenters. The van der Waals surface area contributed by atoms with E-state index in [0.29, 0.717) is 22.8 Å². The summed E-state index contributed by atoms with van der Waals surface area (Å²) in [4.78, 5) is 38.2. The number of carbonyl (C=O) groups excluding carboxylic acids is 3. The van der Waals surface area contributed by atoms with Crippen LogP contribution < -0.4 is 4.74 Å². The van der Waals surface area contributed by atoms with Crippen molar-refractivity contribution >= 4 is 29.1 Å². The van der Waals surface area contributed by atoms with E-state index in [1.165, 1.54) is 17.9 Å². The Hall–Kier alpha value is -2.02. The molecule has 0 saturated heterocycles. The van der Waals surface area contributed by atoms with Gasteiger partial charge in [0.15, 0.2) is 17.3 Å². The average Bonchev–Trinajstić information content (AvgIpc) is 3.25. The van der Waals surface area contributed by atoms with E-state index in [1.807, 2.05) is 26.8 Å². The summed E-state index contributed by atoms with van der Waals surface area (Å²) in [5.74, 6) is -4.61. The number of amides is 1. The Kier molecular flexibility index (Phi) is 16.6. The van der Waals surface area contributed by atoms with Crippen molar-refractivity contribution in [2.75, 3.05) is 13.2 Å². The molecule has 2 aliphatic rings. The third-order valence-corrected chi connectivity index (χ3v) is 7.65. The molecule has 44 heavy (non-hydrogen) atoms. The number of rotatable bonds is 14. The van der Waals surface area contributed by atoms with Gasteiger partial charge in [0.2, 0.25) is 0 Å². The third-order valence-electron chi connectivity index (χ3n) is 7.35. The zero-order chi connectivity index (χ0) is 32.5. The molecule has 1 heterocycles. The minimum atomic E-state index is -3.14. The van der Waals surface area contributed by atoms with Crippen molar-refractivity contribution in [3.05, 3.63) is 70.1 Å². The molecule has 1 aliphatic carbocycles. The fourth-order valence-electron chi connectivity index (χ4n) is 5.05. The SMILES string of the molecule is CCC(=O)CCC(C(C)=O)N1Cc2cc(OCCC(F)(F)CCOC3=C(Cl)C=CC(C)C3=C(C)C)c(F)cc2C1=O.[CH2-]C.[U]. The molecular formula is C33H42ClF3NO5U-. The molecule has 6 nitrogen and oxygen atoms in total. The Balaban J connectivity index is 0.00000316. The topological polar surface area (TPSA) is 72.9 Å². The summed E-state index contributed by atoms with van der Waals surface area (Å²) < 4.78 is 55.0. The van der Waals surface area contributed by atoms with E-state index >= 15 is 0 Å². The molecule has 1 amide bonds. The van der Waals surface area contributed by atoms with Gasteiger partial charge in [0.1, 0.15) is 11.5 Å². The van der Waals surface area contributed by atoms with E-state index in [9.17, 15) is 27.6 Å². The molecule has 0 saturated carbocycles. The first-order chi connectivity index (χ1) is 20.3. The second kappa shape index (κ2) is 18.2. The number of allylic oxidation sites excluding steroid dienone is 5. The number of ketones is 2. The molecular weight excluding hydrogens is 821 g/mol. The van der Waals surface area contributed by atoms with Gasteiger partial charge in [0.25, 0.3) is 11.8 Å². The normalized spacial score (nSPS) is 16.5. The quantitative estimate of drug-likeness (QED) is 0.177. The van der Waals surface area contributed by atoms with E-state index in [0.717, 1.165) is 17.2 Å². The Morgan fingerprint density at radius 2 is 1.75 bits per heavy atom. The van der Waals surface area contributed by atoms with E-state index in [4.69, 9.17) is 21.1 Å². The average molecular weight is 863 g/mol. The number of hydrogen-bond donors (Lipinski definition) is 0. The molecule has 1 aromatic rings. The van der Waals surface area contributed by atoms with E-state index in [-0.39, 0.29) is 85.9 Å². The van der Waals surface area contributed by atoms with Crippen LogP contribution in [0.2, 0.25) is 0 Å². The summed E-state index contributed by atoms with van der Waals surface area (Å²) in [7, 11) is 0. The number of carbonyl (C=O) groups is 3. The Morgan fingerprint density at radius 1 is 1.14 bits per heavy atom. The maximum absolute atomic E-state index is 14.8. The van der Waals surface area contributed by atoms with Gasteiger partial charge in [-0.3, -0.25) is 14.4 Å². The molecule has 0 bridgehead atoms. The van der Waals surface area contributed by atoms with Gasteiger partial charge in [-0.2, -0.15) is 6.92 Å². The number of fused-ring (bicyclic) bond motifs is 1. The van der Waals surface area contributed by atoms with Crippen LogP contribution in [0.15, 0.2) is 46.2 Å². The van der Waals surface area contributed by atoms with Crippen LogP contribution in [-0.2, 0) is 20.9 Å². The largest absolute Gasteiger partial charge is 0.491 e. The molecule has 0 fully saturated rings. The molecule has 1 aromatic carbocycles. The van der Waals surface area contributed by atoms with Crippen LogP contribution in [-0.4, -0.2) is 47.6 Å². The second-order valence-corrected chi connectivity index (χ2v) is 11.1. The van der Waals surface area contributed by atoms with Gasteiger partial charge in [0.05, 0.1) is 24.3 Å². The summed E-state index contributed by atoms with van der Waals surface area (Å²) >= 11 is 6.26. The van der Waals surface area contributed by atoms with Crippen molar-refractivity contribution < 1.29 is 68.1 Å². The summed E-state index contributed by atoms with van der Waals surface area (Å²) in [6.07, 6.45) is 3.03. The molecule has 242 valence electrons. The Bertz CT molecular complexity index is 1290. The summed E-state index contributed by atoms with van der Waals surface area (Å²) in [6.45, 7) is 13.2. The van der Waals surface area contributed by atoms with Crippen molar-refractivity contribution in [3.63, 3.8) is 0 Å². The summed E-state index contributed by atoms with van der Waals surface area (Å²) in [5.41, 5.74) is 2.37. The summed E-state index contributed by atoms with van der Waals surface area (Å²) in [5, 5.41) is 0.360. The van der Waals surface area contributed by atoms with Crippen molar-refractivity contribution in [2.24, 2.45) is 5.92 Å². The molecule has 2 unspecified atom stereocenters. The minimum Gasteiger partial charge on any atom is -0.491 e. The minimum absolute atomic E-state index is 0. The molecule has 0 N–H and O–H groups in total. The van der Waals surface area contributed by atoms with Gasteiger partial charge in [0, 0.05) is 80.4 Å². The molecule has 0 radical (unpaired) electrons. The number of Topliss-reactive ketones (excluding diaryl/α,β-unsaturated/α-hetero) is 2. The standard InChI is InChI=1S/C31H37ClF3NO5.C2H5.U/c1-6-22(38)8-10-26(20(5)37)36-17-21-15-27(25(33)16-23(21)30(36)39)40-13-11-31(34,35)12-14-41-29-24(32)9-7-19(4)28(29)18(2)3;1-2;/h7,9,15-16,19,26H,6,8,10-14,17H2,1-5H3;1H2,2H3;/q;-1;. The summed E-state index contributed by atoms with van der Waals surface area (Å²) in [6, 6.07) is 1.50. The molecule has 0 spiro atoms. The monoisotopic (exact) mass is 862 g/mol. The first kappa shape index (κ1) is 40.0. The maximum Gasteiger partial charge on any atom is 0.255 e. The van der Waals surface area contributed by atoms with Gasteiger partial charge in [-0.15, -0.1) is 0 Å². The van der Waals surface area contributed by atoms with Crippen LogP contribution in [0.4, 0.5) is 13.2 Å². The van der Waals surface area contributed by atoms with Crippen LogP contribution >= 0.6 is 11.6 Å². The van der Waals surface area contributed by atoms with Gasteiger partial charge in [-0.05, 0) is 51.0 Å². The number of ether oxygens (including phenoxy) is 2. The smallest absolute Gasteiger partial charge is 0.255 e. The van der Waals surface area contributed by atoms with Gasteiger partial charge in [-0.25, -0.2) is 13.2 Å². The van der Waals surface area contributed by atoms with Crippen molar-refractivity contribution in [1.82, 2.24) is 4.90 Å². The van der Waals surface area contributed by atoms with Crippen molar-refractivity contribution in [3.8, 4) is 5.75 Å². The molecule has 1 aliphatic heterocycles. The van der Waals surface area contributed by atoms with E-state index in [1.54, 1.807) is 19.9 Å². The second-order valence-electron chi connectivity index (χ2n) is 10.7. The van der Waals surface area contributed by atoms with Gasteiger partial charge < -0.3 is 21.3 Å². The number of benzene rings is 1. The van der Waals surface area contributed by atoms with Crippen LogP contribution in [0, 0.1) is 49.8 Å². The fraction of sp³-hybridized carbons (Fsp3) is 0.515. The number of halogens is 4. The van der Waals surface area contributed by atoms with E-state index in [2.05, 4.69) is 6.92 Å². The Labute approximate surface area is 287 Å². The number of alkyl halides is 2. The van der Waals surface area contributed by atoms with Crippen LogP contribution in [0.3, 0.4) is 0 Å². The predicted octanol–water partition coefficient (Wildman–Crippen LogP) is 8.14. The first-order valence-corrected chi connectivity index (χ1v) is 14.9. The maximum atomic E-state index is 14.8. The third kappa shape index (κ3) is 10.5. The van der Waals surface area contributed by atoms with Crippen LogP contribution in [0.25, 0.3) is 0 Å². The fourth-order valence-corrected chi connectivity index (χ4v) is 5.28. The van der Waals surface area contributed by atoms with Crippen molar-refractivity contribution in [1.29, 1.82) is 0 Å². The van der Waals surface area contributed by atoms with Crippen molar-refractivity contribution in [2.45, 2.75) is 92.2 Å². The zero-order valence-corrected chi connectivity index (χ0v) is 31.2. The first-order valence-electron chi connectivity index (χ1n) is 14.5. The predicted molar refractivity (Wildman–Crippen MR) is 161 cm³/mol.